The molecular formula is C14H25ClN2O2. The zero-order valence-electron chi connectivity index (χ0n) is 11.6. The maximum atomic E-state index is 11.1. The molecule has 19 heavy (non-hydrogen) atoms. The van der Waals surface area contributed by atoms with Gasteiger partial charge in [0.1, 0.15) is 0 Å². The summed E-state index contributed by atoms with van der Waals surface area (Å²) in [6, 6.07) is 0.530. The molecule has 0 radical (unpaired) electrons. The van der Waals surface area contributed by atoms with Gasteiger partial charge in [0.15, 0.2) is 0 Å². The summed E-state index contributed by atoms with van der Waals surface area (Å²) in [4.78, 5) is 13.7. The first-order valence-corrected chi connectivity index (χ1v) is 7.27. The Morgan fingerprint density at radius 3 is 2.53 bits per heavy atom. The van der Waals surface area contributed by atoms with Gasteiger partial charge in [-0.05, 0) is 64.1 Å². The molecule has 0 aromatic carbocycles. The number of nitrogens with one attached hydrogen (secondary N) is 1. The molecule has 1 aliphatic carbocycles. The molecule has 110 valence electrons. The summed E-state index contributed by atoms with van der Waals surface area (Å²) in [5.41, 5.74) is -0.449. The Kier molecular flexibility index (Phi) is 4.43. The number of carboxylic acid groups (broad SMARTS) is 1. The van der Waals surface area contributed by atoms with Crippen LogP contribution in [0.25, 0.3) is 0 Å². The van der Waals surface area contributed by atoms with Gasteiger partial charge in [-0.3, -0.25) is 4.79 Å². The molecule has 0 amide bonds. The number of rotatable bonds is 3. The molecule has 2 heterocycles. The second-order valence-corrected chi connectivity index (χ2v) is 6.74. The van der Waals surface area contributed by atoms with Crippen molar-refractivity contribution in [2.24, 2.45) is 17.3 Å². The fourth-order valence-electron chi connectivity index (χ4n) is 3.81. The van der Waals surface area contributed by atoms with Crippen molar-refractivity contribution >= 4 is 18.4 Å². The van der Waals surface area contributed by atoms with Crippen molar-refractivity contribution in [3.05, 3.63) is 0 Å². The lowest BCUT2D eigenvalue weighted by atomic mass is 9.65. The number of hydrogen-bond donors (Lipinski definition) is 2. The molecule has 5 heteroatoms. The molecule has 0 spiro atoms. The minimum atomic E-state index is -0.615. The first-order chi connectivity index (χ1) is 8.58. The number of hydrogen-bond acceptors (Lipinski definition) is 3. The molecule has 3 rings (SSSR count). The van der Waals surface area contributed by atoms with Gasteiger partial charge in [0.05, 0.1) is 5.41 Å². The Labute approximate surface area is 121 Å². The highest BCUT2D eigenvalue weighted by Crippen LogP contribution is 2.45. The van der Waals surface area contributed by atoms with Crippen LogP contribution in [0.2, 0.25) is 0 Å². The quantitative estimate of drug-likeness (QED) is 0.828. The summed E-state index contributed by atoms with van der Waals surface area (Å²) in [5.74, 6) is 1.10. The third-order valence-corrected chi connectivity index (χ3v) is 5.37. The van der Waals surface area contributed by atoms with Crippen molar-refractivity contribution in [2.45, 2.75) is 38.6 Å². The minimum Gasteiger partial charge on any atom is -0.481 e. The SMILES string of the molecule is CC1(C(=O)O)CC(N2CCC[C@H](C3CNC3)C2)C1.Cl. The Morgan fingerprint density at radius 2 is 2.00 bits per heavy atom. The molecule has 0 aromatic heterocycles. The van der Waals surface area contributed by atoms with Crippen LogP contribution in [0.15, 0.2) is 0 Å². The third kappa shape index (κ3) is 2.76. The molecule has 2 aliphatic heterocycles. The van der Waals surface area contributed by atoms with Crippen molar-refractivity contribution in [2.75, 3.05) is 26.2 Å². The summed E-state index contributed by atoms with van der Waals surface area (Å²) in [5, 5.41) is 12.5. The lowest BCUT2D eigenvalue weighted by Crippen LogP contribution is -2.57. The van der Waals surface area contributed by atoms with Crippen LogP contribution in [-0.2, 0) is 4.79 Å². The van der Waals surface area contributed by atoms with E-state index in [0.29, 0.717) is 6.04 Å². The molecule has 0 bridgehead atoms. The fraction of sp³-hybridized carbons (Fsp3) is 0.929. The number of carbonyl (C=O) groups is 1. The fourth-order valence-corrected chi connectivity index (χ4v) is 3.81. The largest absolute Gasteiger partial charge is 0.481 e. The van der Waals surface area contributed by atoms with Gasteiger partial charge in [-0.1, -0.05) is 0 Å². The molecule has 2 N–H and O–H groups in total. The van der Waals surface area contributed by atoms with Gasteiger partial charge in [0, 0.05) is 12.6 Å². The van der Waals surface area contributed by atoms with Crippen LogP contribution in [0.5, 0.6) is 0 Å². The van der Waals surface area contributed by atoms with Crippen LogP contribution < -0.4 is 5.32 Å². The lowest BCUT2D eigenvalue weighted by Gasteiger charge is -2.51. The molecule has 1 saturated carbocycles. The van der Waals surface area contributed by atoms with Crippen molar-refractivity contribution < 1.29 is 9.90 Å². The number of nitrogens with zero attached hydrogens (tertiary/aromatic N) is 1. The van der Waals surface area contributed by atoms with Crippen LogP contribution in [-0.4, -0.2) is 48.2 Å². The monoisotopic (exact) mass is 288 g/mol. The maximum absolute atomic E-state index is 11.1. The highest BCUT2D eigenvalue weighted by Gasteiger charge is 2.49. The lowest BCUT2D eigenvalue weighted by molar-refractivity contribution is -0.158. The topological polar surface area (TPSA) is 52.6 Å². The van der Waals surface area contributed by atoms with Crippen molar-refractivity contribution in [1.82, 2.24) is 10.2 Å². The normalized spacial score (nSPS) is 39.8. The molecule has 1 atom stereocenters. The predicted molar refractivity (Wildman–Crippen MR) is 76.7 cm³/mol. The van der Waals surface area contributed by atoms with Crippen molar-refractivity contribution in [3.63, 3.8) is 0 Å². The predicted octanol–water partition coefficient (Wildman–Crippen LogP) is 1.59. The molecule has 0 unspecified atom stereocenters. The standard InChI is InChI=1S/C14H24N2O2.ClH/c1-14(13(17)18)5-12(6-14)16-4-2-3-10(9-16)11-7-15-8-11;/h10-12,15H,2-9H2,1H3,(H,17,18);1H/t10-,12?,14?;/m0./s1. The van der Waals surface area contributed by atoms with Crippen LogP contribution in [0.3, 0.4) is 0 Å². The van der Waals surface area contributed by atoms with E-state index in [1.807, 2.05) is 6.92 Å². The molecule has 4 nitrogen and oxygen atoms in total. The van der Waals surface area contributed by atoms with Gasteiger partial charge >= 0.3 is 5.97 Å². The van der Waals surface area contributed by atoms with Gasteiger partial charge in [-0.2, -0.15) is 0 Å². The van der Waals surface area contributed by atoms with Crippen LogP contribution in [0, 0.1) is 17.3 Å². The van der Waals surface area contributed by atoms with E-state index in [2.05, 4.69) is 10.2 Å². The molecular weight excluding hydrogens is 264 g/mol. The maximum Gasteiger partial charge on any atom is 0.309 e. The van der Waals surface area contributed by atoms with Crippen LogP contribution in [0.1, 0.15) is 32.6 Å². The summed E-state index contributed by atoms with van der Waals surface area (Å²) >= 11 is 0. The second kappa shape index (κ2) is 5.58. The van der Waals surface area contributed by atoms with E-state index in [4.69, 9.17) is 5.11 Å². The Hall–Kier alpha value is -0.320. The molecule has 3 fully saturated rings. The summed E-state index contributed by atoms with van der Waals surface area (Å²) in [6.07, 6.45) is 4.35. The van der Waals surface area contributed by atoms with Crippen molar-refractivity contribution in [1.29, 1.82) is 0 Å². The summed E-state index contributed by atoms with van der Waals surface area (Å²) < 4.78 is 0. The Balaban J connectivity index is 0.00000133. The second-order valence-electron chi connectivity index (χ2n) is 6.74. The van der Waals surface area contributed by atoms with Crippen LogP contribution >= 0.6 is 12.4 Å². The zero-order chi connectivity index (χ0) is 12.8. The average Bonchev–Trinajstić information content (AvgIpc) is 2.22. The van der Waals surface area contributed by atoms with Gasteiger partial charge in [0.2, 0.25) is 0 Å². The van der Waals surface area contributed by atoms with E-state index >= 15 is 0 Å². The Morgan fingerprint density at radius 1 is 1.32 bits per heavy atom. The molecule has 2 saturated heterocycles. The van der Waals surface area contributed by atoms with Crippen LogP contribution in [0.4, 0.5) is 0 Å². The smallest absolute Gasteiger partial charge is 0.309 e. The number of halogens is 1. The van der Waals surface area contributed by atoms with Gasteiger partial charge in [-0.25, -0.2) is 0 Å². The highest BCUT2D eigenvalue weighted by atomic mass is 35.5. The van der Waals surface area contributed by atoms with E-state index < -0.39 is 11.4 Å². The third-order valence-electron chi connectivity index (χ3n) is 5.37. The average molecular weight is 289 g/mol. The van der Waals surface area contributed by atoms with Gasteiger partial charge in [0.25, 0.3) is 0 Å². The van der Waals surface area contributed by atoms with E-state index in [0.717, 1.165) is 24.7 Å². The van der Waals surface area contributed by atoms with E-state index in [-0.39, 0.29) is 12.4 Å². The first-order valence-electron chi connectivity index (χ1n) is 7.27. The Bertz CT molecular complexity index is 340. The van der Waals surface area contributed by atoms with E-state index in [1.54, 1.807) is 0 Å². The zero-order valence-corrected chi connectivity index (χ0v) is 12.4. The summed E-state index contributed by atoms with van der Waals surface area (Å²) in [7, 11) is 0. The number of aliphatic carboxylic acids is 1. The van der Waals surface area contributed by atoms with E-state index in [9.17, 15) is 4.79 Å². The minimum absolute atomic E-state index is 0. The molecule has 3 aliphatic rings. The van der Waals surface area contributed by atoms with Crippen molar-refractivity contribution in [3.8, 4) is 0 Å². The van der Waals surface area contributed by atoms with E-state index in [1.165, 1.54) is 39.0 Å². The van der Waals surface area contributed by atoms with Gasteiger partial charge < -0.3 is 15.3 Å². The number of likely N-dealkylation sites (tertiary alicyclic amines) is 1. The highest BCUT2D eigenvalue weighted by molar-refractivity contribution is 5.85. The first kappa shape index (κ1) is 15.1. The summed E-state index contributed by atoms with van der Waals surface area (Å²) in [6.45, 7) is 6.65. The molecule has 0 aromatic rings. The van der Waals surface area contributed by atoms with Gasteiger partial charge in [-0.15, -0.1) is 12.4 Å². The number of carboxylic acids is 1. The number of piperidine rings is 1.